The maximum atomic E-state index is 11.5. The van der Waals surface area contributed by atoms with Crippen molar-refractivity contribution in [3.8, 4) is 54.3 Å². The van der Waals surface area contributed by atoms with Gasteiger partial charge in [-0.3, -0.25) is 0 Å². The van der Waals surface area contributed by atoms with E-state index in [9.17, 15) is 9.90 Å². The Kier molecular flexibility index (Phi) is 12.1. The van der Waals surface area contributed by atoms with Crippen LogP contribution in [0, 0.1) is 37.0 Å². The number of hydrogen-bond donors (Lipinski definition) is 1. The predicted octanol–water partition coefficient (Wildman–Crippen LogP) is 4.54. The summed E-state index contributed by atoms with van der Waals surface area (Å²) in [7, 11) is 0. The lowest BCUT2D eigenvalue weighted by Crippen LogP contribution is -2.08. The molecule has 1 rings (SSSR count). The normalized spacial score (nSPS) is 9.69. The van der Waals surface area contributed by atoms with Crippen molar-refractivity contribution in [1.82, 2.24) is 0 Å². The maximum Gasteiger partial charge on any atom is 0.335 e. The summed E-state index contributed by atoms with van der Waals surface area (Å²) in [5, 5.41) is 9.44. The van der Waals surface area contributed by atoms with Gasteiger partial charge in [0.05, 0.1) is 25.4 Å². The summed E-state index contributed by atoms with van der Waals surface area (Å²) in [5.74, 6) is 7.72. The zero-order chi connectivity index (χ0) is 21.3. The Morgan fingerprint density at radius 3 is 1.66 bits per heavy atom. The average Bonchev–Trinajstić information content (AvgIpc) is 2.71. The zero-order valence-corrected chi connectivity index (χ0v) is 16.7. The summed E-state index contributed by atoms with van der Waals surface area (Å²) in [5.41, 5.74) is 0.0678. The van der Waals surface area contributed by atoms with Crippen molar-refractivity contribution in [3.63, 3.8) is 0 Å². The van der Waals surface area contributed by atoms with E-state index in [0.717, 1.165) is 25.7 Å². The van der Waals surface area contributed by atoms with Crippen LogP contribution in [0.3, 0.4) is 0 Å². The highest BCUT2D eigenvalue weighted by atomic mass is 16.5. The first-order valence-electron chi connectivity index (χ1n) is 9.74. The molecule has 0 radical (unpaired) electrons. The molecule has 1 N–H and O–H groups in total. The van der Waals surface area contributed by atoms with Gasteiger partial charge < -0.3 is 19.3 Å². The number of hydrogen-bond acceptors (Lipinski definition) is 4. The number of ether oxygens (including phenoxy) is 3. The van der Waals surface area contributed by atoms with E-state index in [1.807, 2.05) is 0 Å². The second-order valence-corrected chi connectivity index (χ2v) is 6.28. The van der Waals surface area contributed by atoms with Crippen LogP contribution in [0.5, 0.6) is 17.2 Å². The first-order chi connectivity index (χ1) is 14.1. The van der Waals surface area contributed by atoms with Crippen molar-refractivity contribution < 1.29 is 24.1 Å². The molecule has 0 aliphatic heterocycles. The van der Waals surface area contributed by atoms with Gasteiger partial charge in [-0.2, -0.15) is 0 Å². The molecular weight excluding hydrogens is 368 g/mol. The van der Waals surface area contributed by atoms with Crippen LogP contribution in [0.25, 0.3) is 0 Å². The van der Waals surface area contributed by atoms with E-state index in [4.69, 9.17) is 33.5 Å². The van der Waals surface area contributed by atoms with Crippen molar-refractivity contribution in [2.24, 2.45) is 0 Å². The van der Waals surface area contributed by atoms with Gasteiger partial charge in [-0.05, 0) is 44.2 Å². The summed E-state index contributed by atoms with van der Waals surface area (Å²) in [6, 6.07) is 2.90. The molecule has 1 aromatic rings. The van der Waals surface area contributed by atoms with Gasteiger partial charge in [0.15, 0.2) is 11.5 Å². The second-order valence-electron chi connectivity index (χ2n) is 6.28. The molecule has 29 heavy (non-hydrogen) atoms. The molecule has 0 fully saturated rings. The number of benzene rings is 1. The summed E-state index contributed by atoms with van der Waals surface area (Å²) in [4.78, 5) is 11.5. The molecule has 0 amide bonds. The molecule has 154 valence electrons. The van der Waals surface area contributed by atoms with Crippen molar-refractivity contribution in [2.45, 2.75) is 51.4 Å². The van der Waals surface area contributed by atoms with E-state index in [2.05, 4.69) is 17.8 Å². The van der Waals surface area contributed by atoms with Crippen molar-refractivity contribution in [3.05, 3.63) is 17.7 Å². The van der Waals surface area contributed by atoms with E-state index < -0.39 is 5.97 Å². The van der Waals surface area contributed by atoms with Gasteiger partial charge in [-0.15, -0.1) is 37.0 Å². The average molecular weight is 396 g/mol. The molecule has 0 aromatic heterocycles. The van der Waals surface area contributed by atoms with Gasteiger partial charge in [0, 0.05) is 19.3 Å². The van der Waals surface area contributed by atoms with Gasteiger partial charge in [0.1, 0.15) is 0 Å². The predicted molar refractivity (Wildman–Crippen MR) is 113 cm³/mol. The van der Waals surface area contributed by atoms with Crippen LogP contribution in [0.1, 0.15) is 61.7 Å². The molecule has 0 atom stereocenters. The standard InChI is InChI=1S/C24H28O5/c1-4-7-10-13-15-27-21-18-20(24(25)26)19-22(28-16-14-11-8-5-2)23(21)29-17-12-9-6-3/h1-3,18-19H,7-17H2,(H,25,26). The van der Waals surface area contributed by atoms with Crippen LogP contribution < -0.4 is 14.2 Å². The first kappa shape index (κ1) is 23.8. The lowest BCUT2D eigenvalue weighted by molar-refractivity contribution is 0.0695. The number of terminal acetylenes is 3. The molecular formula is C24H28O5. The number of rotatable bonds is 15. The second kappa shape index (κ2) is 14.8. The number of unbranched alkanes of at least 4 members (excludes halogenated alkanes) is 5. The number of aromatic carboxylic acids is 1. The highest BCUT2D eigenvalue weighted by Gasteiger charge is 2.18. The molecule has 0 spiro atoms. The molecule has 0 saturated carbocycles. The molecule has 0 aliphatic carbocycles. The highest BCUT2D eigenvalue weighted by Crippen LogP contribution is 2.39. The Morgan fingerprint density at radius 2 is 1.21 bits per heavy atom. The van der Waals surface area contributed by atoms with Crippen LogP contribution >= 0.6 is 0 Å². The van der Waals surface area contributed by atoms with Crippen LogP contribution in [0.2, 0.25) is 0 Å². The van der Waals surface area contributed by atoms with Gasteiger partial charge in [0.25, 0.3) is 0 Å². The third kappa shape index (κ3) is 9.50. The van der Waals surface area contributed by atoms with Crippen molar-refractivity contribution in [2.75, 3.05) is 19.8 Å². The molecule has 0 aliphatic rings. The van der Waals surface area contributed by atoms with Crippen molar-refractivity contribution in [1.29, 1.82) is 0 Å². The highest BCUT2D eigenvalue weighted by molar-refractivity contribution is 5.89. The largest absolute Gasteiger partial charge is 0.490 e. The SMILES string of the molecule is C#CCCCCOc1cc(C(=O)O)cc(OCCCCC#C)c1OCCCC#C. The lowest BCUT2D eigenvalue weighted by Gasteiger charge is -2.18. The minimum atomic E-state index is -1.07. The molecule has 0 saturated heterocycles. The fourth-order valence-electron chi connectivity index (χ4n) is 2.43. The van der Waals surface area contributed by atoms with Crippen LogP contribution in [0.15, 0.2) is 12.1 Å². The Labute approximate surface area is 173 Å². The van der Waals surface area contributed by atoms with Gasteiger partial charge in [-0.1, -0.05) is 0 Å². The maximum absolute atomic E-state index is 11.5. The Hall–Kier alpha value is -3.23. The quantitative estimate of drug-likeness (QED) is 0.348. The van der Waals surface area contributed by atoms with E-state index >= 15 is 0 Å². The zero-order valence-electron chi connectivity index (χ0n) is 16.7. The van der Waals surface area contributed by atoms with Gasteiger partial charge in [0.2, 0.25) is 5.75 Å². The molecule has 5 heteroatoms. The summed E-state index contributed by atoms with van der Waals surface area (Å²) in [6.45, 7) is 1.16. The Morgan fingerprint density at radius 1 is 0.759 bits per heavy atom. The minimum Gasteiger partial charge on any atom is -0.490 e. The number of carbonyl (C=O) groups is 1. The van der Waals surface area contributed by atoms with E-state index in [-0.39, 0.29) is 5.56 Å². The summed E-state index contributed by atoms with van der Waals surface area (Å²) < 4.78 is 17.5. The third-order valence-corrected chi connectivity index (χ3v) is 3.93. The molecule has 5 nitrogen and oxygen atoms in total. The van der Waals surface area contributed by atoms with Crippen LogP contribution in [-0.4, -0.2) is 30.9 Å². The fraction of sp³-hybridized carbons (Fsp3) is 0.458. The minimum absolute atomic E-state index is 0.0678. The molecule has 0 unspecified atom stereocenters. The molecule has 0 heterocycles. The van der Waals surface area contributed by atoms with E-state index in [1.165, 1.54) is 12.1 Å². The van der Waals surface area contributed by atoms with Gasteiger partial charge >= 0.3 is 5.97 Å². The Bertz CT molecular complexity index is 716. The molecule has 1 aromatic carbocycles. The molecule has 0 bridgehead atoms. The number of carboxylic acid groups (broad SMARTS) is 1. The first-order valence-corrected chi connectivity index (χ1v) is 9.74. The van der Waals surface area contributed by atoms with E-state index in [1.54, 1.807) is 0 Å². The fourth-order valence-corrected chi connectivity index (χ4v) is 2.43. The van der Waals surface area contributed by atoms with Gasteiger partial charge in [-0.25, -0.2) is 4.79 Å². The topological polar surface area (TPSA) is 65.0 Å². The lowest BCUT2D eigenvalue weighted by atomic mass is 10.1. The van der Waals surface area contributed by atoms with Crippen LogP contribution in [0.4, 0.5) is 0 Å². The summed E-state index contributed by atoms with van der Waals surface area (Å²) >= 11 is 0. The van der Waals surface area contributed by atoms with E-state index in [0.29, 0.717) is 62.8 Å². The van der Waals surface area contributed by atoms with Crippen molar-refractivity contribution >= 4 is 5.97 Å². The smallest absolute Gasteiger partial charge is 0.335 e. The number of carboxylic acids is 1. The monoisotopic (exact) mass is 396 g/mol. The summed E-state index contributed by atoms with van der Waals surface area (Å²) in [6.07, 6.45) is 21.5. The van der Waals surface area contributed by atoms with Crippen LogP contribution in [-0.2, 0) is 0 Å². The third-order valence-electron chi connectivity index (χ3n) is 3.93. The Balaban J connectivity index is 2.98.